The number of amides is 1. The summed E-state index contributed by atoms with van der Waals surface area (Å²) < 4.78 is 10.8. The molecular formula is C16H20N2O3S. The quantitative estimate of drug-likeness (QED) is 0.888. The molecule has 3 rings (SSSR count). The molecule has 1 aliphatic rings. The van der Waals surface area contributed by atoms with Crippen LogP contribution in [0.5, 0.6) is 5.75 Å². The summed E-state index contributed by atoms with van der Waals surface area (Å²) in [5.74, 6) is 2.66. The standard InChI is InChI=1S/C16H20N2O3S/c1-20-12-4-3-11-7-14(18-13(11)8-12)15(19)17-9-16(21-2)5-6-22-10-16/h3-4,7-8,18H,5-6,9-10H2,1-2H3,(H,17,19). The molecule has 1 unspecified atom stereocenters. The van der Waals surface area contributed by atoms with Crippen LogP contribution < -0.4 is 10.1 Å². The molecule has 6 heteroatoms. The van der Waals surface area contributed by atoms with E-state index in [4.69, 9.17) is 9.47 Å². The van der Waals surface area contributed by atoms with Crippen molar-refractivity contribution in [3.8, 4) is 5.75 Å². The predicted molar refractivity (Wildman–Crippen MR) is 88.9 cm³/mol. The lowest BCUT2D eigenvalue weighted by atomic mass is 10.0. The zero-order valence-corrected chi connectivity index (χ0v) is 13.6. The third-order valence-electron chi connectivity index (χ3n) is 4.15. The second-order valence-corrected chi connectivity index (χ2v) is 6.61. The van der Waals surface area contributed by atoms with Gasteiger partial charge in [0.05, 0.1) is 12.7 Å². The molecule has 0 spiro atoms. The first-order valence-corrected chi connectivity index (χ1v) is 8.39. The van der Waals surface area contributed by atoms with Crippen LogP contribution in [0.25, 0.3) is 10.9 Å². The van der Waals surface area contributed by atoms with E-state index in [0.717, 1.165) is 34.6 Å². The number of rotatable bonds is 5. The maximum atomic E-state index is 12.3. The number of nitrogens with one attached hydrogen (secondary N) is 2. The SMILES string of the molecule is COc1ccc2cc(C(=O)NCC3(OC)CCSC3)[nH]c2c1. The number of hydrogen-bond acceptors (Lipinski definition) is 4. The second-order valence-electron chi connectivity index (χ2n) is 5.51. The summed E-state index contributed by atoms with van der Waals surface area (Å²) in [6, 6.07) is 7.56. The monoisotopic (exact) mass is 320 g/mol. The van der Waals surface area contributed by atoms with Crippen molar-refractivity contribution in [2.24, 2.45) is 0 Å². The smallest absolute Gasteiger partial charge is 0.267 e. The lowest BCUT2D eigenvalue weighted by molar-refractivity contribution is 0.0137. The number of aromatic amines is 1. The maximum absolute atomic E-state index is 12.3. The van der Waals surface area contributed by atoms with Crippen molar-refractivity contribution >= 4 is 28.6 Å². The molecule has 1 amide bonds. The minimum Gasteiger partial charge on any atom is -0.497 e. The molecule has 118 valence electrons. The van der Waals surface area contributed by atoms with Gasteiger partial charge in [0.25, 0.3) is 5.91 Å². The van der Waals surface area contributed by atoms with E-state index >= 15 is 0 Å². The Balaban J connectivity index is 1.72. The number of hydrogen-bond donors (Lipinski definition) is 2. The molecule has 5 nitrogen and oxygen atoms in total. The molecular weight excluding hydrogens is 300 g/mol. The zero-order chi connectivity index (χ0) is 15.6. The number of ether oxygens (including phenoxy) is 2. The highest BCUT2D eigenvalue weighted by molar-refractivity contribution is 7.99. The van der Waals surface area contributed by atoms with Crippen molar-refractivity contribution < 1.29 is 14.3 Å². The third kappa shape index (κ3) is 2.94. The van der Waals surface area contributed by atoms with Crippen LogP contribution in [0.3, 0.4) is 0 Å². The van der Waals surface area contributed by atoms with Gasteiger partial charge in [-0.2, -0.15) is 11.8 Å². The molecule has 2 aromatic rings. The summed E-state index contributed by atoms with van der Waals surface area (Å²) >= 11 is 1.86. The van der Waals surface area contributed by atoms with Crippen LogP contribution >= 0.6 is 11.8 Å². The normalized spacial score (nSPS) is 21.2. The lowest BCUT2D eigenvalue weighted by Crippen LogP contribution is -2.44. The van der Waals surface area contributed by atoms with E-state index in [1.807, 2.05) is 36.0 Å². The topological polar surface area (TPSA) is 63.4 Å². The molecule has 22 heavy (non-hydrogen) atoms. The third-order valence-corrected chi connectivity index (χ3v) is 5.37. The number of aromatic nitrogens is 1. The summed E-state index contributed by atoms with van der Waals surface area (Å²) in [6.07, 6.45) is 0.971. The van der Waals surface area contributed by atoms with Gasteiger partial charge in [-0.25, -0.2) is 0 Å². The number of fused-ring (bicyclic) bond motifs is 1. The fourth-order valence-corrected chi connectivity index (χ4v) is 4.05. The van der Waals surface area contributed by atoms with Gasteiger partial charge in [-0.15, -0.1) is 0 Å². The number of H-pyrrole nitrogens is 1. The van der Waals surface area contributed by atoms with Crippen molar-refractivity contribution in [2.75, 3.05) is 32.3 Å². The van der Waals surface area contributed by atoms with E-state index in [2.05, 4.69) is 10.3 Å². The van der Waals surface area contributed by atoms with Crippen molar-refractivity contribution in [3.63, 3.8) is 0 Å². The Bertz CT molecular complexity index is 677. The number of benzene rings is 1. The van der Waals surface area contributed by atoms with Gasteiger partial charge in [0.2, 0.25) is 0 Å². The number of carbonyl (C=O) groups excluding carboxylic acids is 1. The van der Waals surface area contributed by atoms with Gasteiger partial charge in [0.15, 0.2) is 0 Å². The molecule has 1 aliphatic heterocycles. The van der Waals surface area contributed by atoms with Crippen LogP contribution in [0.2, 0.25) is 0 Å². The molecule has 0 bridgehead atoms. The fraction of sp³-hybridized carbons (Fsp3) is 0.438. The first-order chi connectivity index (χ1) is 10.7. The van der Waals surface area contributed by atoms with E-state index in [1.54, 1.807) is 14.2 Å². The molecule has 1 saturated heterocycles. The lowest BCUT2D eigenvalue weighted by Gasteiger charge is -2.26. The first-order valence-electron chi connectivity index (χ1n) is 7.24. The Morgan fingerprint density at radius 3 is 2.95 bits per heavy atom. The van der Waals surface area contributed by atoms with Gasteiger partial charge in [0, 0.05) is 36.4 Å². The average molecular weight is 320 g/mol. The largest absolute Gasteiger partial charge is 0.497 e. The minimum atomic E-state index is -0.227. The van der Waals surface area contributed by atoms with Crippen molar-refractivity contribution in [1.82, 2.24) is 10.3 Å². The van der Waals surface area contributed by atoms with Gasteiger partial charge >= 0.3 is 0 Å². The molecule has 1 atom stereocenters. The number of carbonyl (C=O) groups is 1. The first kappa shape index (κ1) is 15.2. The van der Waals surface area contributed by atoms with Crippen LogP contribution in [0.15, 0.2) is 24.3 Å². The van der Waals surface area contributed by atoms with Gasteiger partial charge in [-0.1, -0.05) is 0 Å². The molecule has 1 aromatic carbocycles. The number of thioether (sulfide) groups is 1. The van der Waals surface area contributed by atoms with E-state index in [0.29, 0.717) is 12.2 Å². The van der Waals surface area contributed by atoms with E-state index in [1.165, 1.54) is 0 Å². The van der Waals surface area contributed by atoms with Crippen LogP contribution in [0.1, 0.15) is 16.9 Å². The highest BCUT2D eigenvalue weighted by atomic mass is 32.2. The van der Waals surface area contributed by atoms with Crippen LogP contribution in [0.4, 0.5) is 0 Å². The molecule has 1 aromatic heterocycles. The maximum Gasteiger partial charge on any atom is 0.267 e. The summed E-state index contributed by atoms with van der Waals surface area (Å²) in [5.41, 5.74) is 1.22. The highest BCUT2D eigenvalue weighted by Gasteiger charge is 2.34. The van der Waals surface area contributed by atoms with E-state index in [9.17, 15) is 4.79 Å². The van der Waals surface area contributed by atoms with E-state index in [-0.39, 0.29) is 11.5 Å². The highest BCUT2D eigenvalue weighted by Crippen LogP contribution is 2.30. The van der Waals surface area contributed by atoms with Gasteiger partial charge in [-0.05, 0) is 30.4 Å². The molecule has 2 N–H and O–H groups in total. The second kappa shape index (κ2) is 6.22. The summed E-state index contributed by atoms with van der Waals surface area (Å²) in [4.78, 5) is 15.5. The van der Waals surface area contributed by atoms with E-state index < -0.39 is 0 Å². The zero-order valence-electron chi connectivity index (χ0n) is 12.8. The Hall–Kier alpha value is -1.66. The summed E-state index contributed by atoms with van der Waals surface area (Å²) in [5, 5.41) is 3.97. The Labute approximate surface area is 133 Å². The Kier molecular flexibility index (Phi) is 4.31. The molecule has 0 radical (unpaired) electrons. The van der Waals surface area contributed by atoms with Crippen LogP contribution in [-0.2, 0) is 4.74 Å². The van der Waals surface area contributed by atoms with Gasteiger partial charge < -0.3 is 19.8 Å². The van der Waals surface area contributed by atoms with Crippen molar-refractivity contribution in [3.05, 3.63) is 30.0 Å². The van der Waals surface area contributed by atoms with Crippen molar-refractivity contribution in [1.29, 1.82) is 0 Å². The van der Waals surface area contributed by atoms with Crippen LogP contribution in [-0.4, -0.2) is 48.8 Å². The Morgan fingerprint density at radius 1 is 1.41 bits per heavy atom. The molecule has 0 saturated carbocycles. The fourth-order valence-electron chi connectivity index (χ4n) is 2.65. The van der Waals surface area contributed by atoms with Gasteiger partial charge in [-0.3, -0.25) is 4.79 Å². The predicted octanol–water partition coefficient (Wildman–Crippen LogP) is 2.43. The minimum absolute atomic E-state index is 0.108. The summed E-state index contributed by atoms with van der Waals surface area (Å²) in [7, 11) is 3.34. The average Bonchev–Trinajstić information content (AvgIpc) is 3.19. The van der Waals surface area contributed by atoms with Crippen molar-refractivity contribution in [2.45, 2.75) is 12.0 Å². The van der Waals surface area contributed by atoms with Gasteiger partial charge in [0.1, 0.15) is 11.4 Å². The molecule has 2 heterocycles. The molecule has 1 fully saturated rings. The Morgan fingerprint density at radius 2 is 2.27 bits per heavy atom. The summed E-state index contributed by atoms with van der Waals surface area (Å²) in [6.45, 7) is 0.536. The number of methoxy groups -OCH3 is 2. The van der Waals surface area contributed by atoms with Crippen LogP contribution in [0, 0.1) is 0 Å². The molecule has 0 aliphatic carbocycles.